The first-order valence-electron chi connectivity index (χ1n) is 9.21. The fraction of sp³-hybridized carbons (Fsp3) is 0.136. The molecule has 154 valence electrons. The van der Waals surface area contributed by atoms with Crippen molar-refractivity contribution in [1.82, 2.24) is 14.9 Å². The van der Waals surface area contributed by atoms with E-state index in [1.807, 2.05) is 6.07 Å². The van der Waals surface area contributed by atoms with Crippen LogP contribution >= 0.6 is 0 Å². The van der Waals surface area contributed by atoms with Crippen LogP contribution in [0.3, 0.4) is 0 Å². The molecule has 4 rings (SSSR count). The zero-order valence-electron chi connectivity index (χ0n) is 16.4. The first-order chi connectivity index (χ1) is 14.9. The summed E-state index contributed by atoms with van der Waals surface area (Å²) in [7, 11) is 1.42. The number of benzene rings is 1. The van der Waals surface area contributed by atoms with Gasteiger partial charge in [-0.2, -0.15) is 5.26 Å². The molecule has 31 heavy (non-hydrogen) atoms. The number of nitrogens with two attached hydrogens (primary N) is 1. The summed E-state index contributed by atoms with van der Waals surface area (Å²) in [5.41, 5.74) is 5.62. The Labute approximate surface area is 176 Å². The highest BCUT2D eigenvalue weighted by Crippen LogP contribution is 2.41. The second-order valence-corrected chi connectivity index (χ2v) is 7.00. The Balaban J connectivity index is 1.99. The zero-order valence-corrected chi connectivity index (χ0v) is 16.4. The lowest BCUT2D eigenvalue weighted by molar-refractivity contribution is -0.129. The van der Waals surface area contributed by atoms with Gasteiger partial charge in [-0.25, -0.2) is 13.8 Å². The fourth-order valence-corrected chi connectivity index (χ4v) is 3.52. The lowest BCUT2D eigenvalue weighted by Crippen LogP contribution is -2.42. The van der Waals surface area contributed by atoms with Gasteiger partial charge in [-0.05, 0) is 41.5 Å². The number of nitriles is 1. The zero-order chi connectivity index (χ0) is 22.2. The number of carbonyl (C=O) groups is 1. The molecule has 2 aromatic heterocycles. The predicted octanol–water partition coefficient (Wildman–Crippen LogP) is 2.65. The van der Waals surface area contributed by atoms with Crippen LogP contribution in [0.4, 0.5) is 8.78 Å². The summed E-state index contributed by atoms with van der Waals surface area (Å²) in [6.07, 6.45) is 4.26. The minimum absolute atomic E-state index is 0.0555. The van der Waals surface area contributed by atoms with E-state index in [2.05, 4.69) is 15.0 Å². The van der Waals surface area contributed by atoms with Crippen molar-refractivity contribution in [2.75, 3.05) is 7.05 Å². The van der Waals surface area contributed by atoms with Gasteiger partial charge in [0.25, 0.3) is 5.91 Å². The summed E-state index contributed by atoms with van der Waals surface area (Å²) in [5.74, 6) is -1.44. The molecule has 0 spiro atoms. The van der Waals surface area contributed by atoms with E-state index in [0.29, 0.717) is 16.7 Å². The van der Waals surface area contributed by atoms with Crippen LogP contribution in [0, 0.1) is 17.1 Å². The van der Waals surface area contributed by atoms with Crippen LogP contribution in [-0.4, -0.2) is 33.8 Å². The highest BCUT2D eigenvalue weighted by Gasteiger charge is 2.52. The standard InChI is InChI=1S/C22H16F2N6O/c1-30-20(31)22(29-21(30)26,19-7-13(9-23)4-5-28-19)17-8-15(2-3-18(17)24)16-6-14(10-25)11-27-12-16/h2-8,11-12H,9H2,1H3,(H2,26,29). The average Bonchev–Trinajstić information content (AvgIpc) is 3.04. The minimum Gasteiger partial charge on any atom is -0.369 e. The van der Waals surface area contributed by atoms with Crippen molar-refractivity contribution in [1.29, 1.82) is 5.26 Å². The Bertz CT molecular complexity index is 1270. The third kappa shape index (κ3) is 3.18. The topological polar surface area (TPSA) is 108 Å². The number of amides is 1. The molecule has 2 N–H and O–H groups in total. The molecule has 0 bridgehead atoms. The molecule has 3 aromatic rings. The molecule has 0 saturated heterocycles. The number of carbonyl (C=O) groups excluding carboxylic acids is 1. The second-order valence-electron chi connectivity index (χ2n) is 7.00. The van der Waals surface area contributed by atoms with Crippen molar-refractivity contribution in [2.45, 2.75) is 12.2 Å². The summed E-state index contributed by atoms with van der Waals surface area (Å²) in [6.45, 7) is -0.788. The van der Waals surface area contributed by atoms with Gasteiger partial charge in [-0.15, -0.1) is 0 Å². The van der Waals surface area contributed by atoms with Crippen LogP contribution in [0.1, 0.15) is 22.4 Å². The van der Waals surface area contributed by atoms with E-state index in [1.54, 1.807) is 6.07 Å². The molecule has 0 aliphatic carbocycles. The van der Waals surface area contributed by atoms with Crippen LogP contribution in [0.25, 0.3) is 11.1 Å². The Hall–Kier alpha value is -4.19. The third-order valence-electron chi connectivity index (χ3n) is 5.15. The number of aromatic nitrogens is 2. The van der Waals surface area contributed by atoms with E-state index < -0.39 is 23.9 Å². The SMILES string of the molecule is CN1C(=O)C(c2cc(CF)ccn2)(c2cc(-c3cncc(C#N)c3)ccc2F)N=C1N. The molecular formula is C22H16F2N6O. The summed E-state index contributed by atoms with van der Waals surface area (Å²) < 4.78 is 28.5. The number of rotatable bonds is 4. The van der Waals surface area contributed by atoms with Gasteiger partial charge < -0.3 is 5.73 Å². The maximum Gasteiger partial charge on any atom is 0.268 e. The fourth-order valence-electron chi connectivity index (χ4n) is 3.52. The van der Waals surface area contributed by atoms with Crippen LogP contribution in [-0.2, 0) is 17.0 Å². The number of hydrogen-bond donors (Lipinski definition) is 1. The number of halogens is 2. The van der Waals surface area contributed by atoms with Gasteiger partial charge in [0.05, 0.1) is 11.3 Å². The molecule has 0 fully saturated rings. The Morgan fingerprint density at radius 2 is 2.00 bits per heavy atom. The predicted molar refractivity (Wildman–Crippen MR) is 109 cm³/mol. The molecular weight excluding hydrogens is 402 g/mol. The smallest absolute Gasteiger partial charge is 0.268 e. The molecule has 1 aliphatic heterocycles. The van der Waals surface area contributed by atoms with Crippen molar-refractivity contribution in [3.63, 3.8) is 0 Å². The van der Waals surface area contributed by atoms with Crippen molar-refractivity contribution in [3.8, 4) is 17.2 Å². The van der Waals surface area contributed by atoms with Crippen LogP contribution in [0.2, 0.25) is 0 Å². The molecule has 1 atom stereocenters. The van der Waals surface area contributed by atoms with Gasteiger partial charge in [-0.3, -0.25) is 19.7 Å². The van der Waals surface area contributed by atoms with E-state index in [-0.39, 0.29) is 22.8 Å². The van der Waals surface area contributed by atoms with E-state index in [9.17, 15) is 9.18 Å². The Morgan fingerprint density at radius 3 is 2.68 bits per heavy atom. The van der Waals surface area contributed by atoms with E-state index in [0.717, 1.165) is 4.90 Å². The summed E-state index contributed by atoms with van der Waals surface area (Å²) in [4.78, 5) is 27.0. The average molecular weight is 418 g/mol. The summed E-state index contributed by atoms with van der Waals surface area (Å²) >= 11 is 0. The van der Waals surface area contributed by atoms with E-state index in [1.165, 1.54) is 56.0 Å². The number of guanidine groups is 1. The lowest BCUT2D eigenvalue weighted by Gasteiger charge is -2.26. The summed E-state index contributed by atoms with van der Waals surface area (Å²) in [6, 6.07) is 10.6. The maximum absolute atomic E-state index is 15.2. The van der Waals surface area contributed by atoms with E-state index >= 15 is 4.39 Å². The number of likely N-dealkylation sites (N-methyl/N-ethyl adjacent to an activating group) is 1. The van der Waals surface area contributed by atoms with Crippen molar-refractivity contribution >= 4 is 11.9 Å². The number of aliphatic imine (C=N–C) groups is 1. The lowest BCUT2D eigenvalue weighted by atomic mass is 9.83. The number of alkyl halides is 1. The molecule has 1 amide bonds. The minimum atomic E-state index is -1.91. The third-order valence-corrected chi connectivity index (χ3v) is 5.15. The molecule has 9 heteroatoms. The largest absolute Gasteiger partial charge is 0.369 e. The first-order valence-corrected chi connectivity index (χ1v) is 9.21. The van der Waals surface area contributed by atoms with Gasteiger partial charge in [0.1, 0.15) is 18.6 Å². The van der Waals surface area contributed by atoms with Gasteiger partial charge in [-0.1, -0.05) is 6.07 Å². The number of pyridine rings is 2. The number of nitrogens with zero attached hydrogens (tertiary/aromatic N) is 5. The van der Waals surface area contributed by atoms with Crippen LogP contribution in [0.15, 0.2) is 60.0 Å². The molecule has 0 saturated carbocycles. The molecule has 1 unspecified atom stereocenters. The highest BCUT2D eigenvalue weighted by atomic mass is 19.1. The highest BCUT2D eigenvalue weighted by molar-refractivity contribution is 6.08. The normalized spacial score (nSPS) is 18.1. The van der Waals surface area contributed by atoms with Gasteiger partial charge in [0, 0.05) is 36.8 Å². The first kappa shape index (κ1) is 20.1. The Morgan fingerprint density at radius 1 is 1.19 bits per heavy atom. The van der Waals surface area contributed by atoms with Crippen LogP contribution < -0.4 is 5.73 Å². The van der Waals surface area contributed by atoms with Crippen molar-refractivity contribution in [2.24, 2.45) is 10.7 Å². The van der Waals surface area contributed by atoms with Crippen LogP contribution in [0.5, 0.6) is 0 Å². The van der Waals surface area contributed by atoms with Crippen molar-refractivity contribution < 1.29 is 13.6 Å². The quantitative estimate of drug-likeness (QED) is 0.701. The van der Waals surface area contributed by atoms with Gasteiger partial charge >= 0.3 is 0 Å². The van der Waals surface area contributed by atoms with Crippen molar-refractivity contribution in [3.05, 3.63) is 83.2 Å². The molecule has 1 aliphatic rings. The molecule has 3 heterocycles. The molecule has 1 aromatic carbocycles. The van der Waals surface area contributed by atoms with E-state index in [4.69, 9.17) is 11.0 Å². The molecule has 7 nitrogen and oxygen atoms in total. The summed E-state index contributed by atoms with van der Waals surface area (Å²) in [5, 5.41) is 9.14. The van der Waals surface area contributed by atoms with Gasteiger partial charge in [0.15, 0.2) is 5.96 Å². The second kappa shape index (κ2) is 7.57. The monoisotopic (exact) mass is 418 g/mol. The molecule has 0 radical (unpaired) electrons. The Kier molecular flexibility index (Phi) is 4.91. The van der Waals surface area contributed by atoms with Gasteiger partial charge in [0.2, 0.25) is 5.54 Å². The number of hydrogen-bond acceptors (Lipinski definition) is 6. The maximum atomic E-state index is 15.2.